The summed E-state index contributed by atoms with van der Waals surface area (Å²) in [6, 6.07) is 3.74. The van der Waals surface area contributed by atoms with E-state index >= 15 is 0 Å². The molecule has 0 aliphatic rings. The maximum absolute atomic E-state index is 9.04. The number of aliphatic hydroxyl groups excluding tert-OH is 1. The molecule has 0 bridgehead atoms. The maximum Gasteiger partial charge on any atom is 0.160 e. The topological polar surface area (TPSA) is 50.9 Å². The van der Waals surface area contributed by atoms with Gasteiger partial charge in [0.2, 0.25) is 0 Å². The quantitative estimate of drug-likeness (QED) is 0.742. The fourth-order valence-corrected chi connectivity index (χ4v) is 1.46. The van der Waals surface area contributed by atoms with Crippen LogP contribution in [0.3, 0.4) is 0 Å². The molecule has 2 heterocycles. The SMILES string of the molecule is CCn1c(CO)nc2cccnc21. The van der Waals surface area contributed by atoms with Gasteiger partial charge < -0.3 is 9.67 Å². The lowest BCUT2D eigenvalue weighted by molar-refractivity contribution is 0.266. The van der Waals surface area contributed by atoms with Crippen LogP contribution >= 0.6 is 0 Å². The van der Waals surface area contributed by atoms with Crippen LogP contribution in [0.5, 0.6) is 0 Å². The molecule has 68 valence electrons. The van der Waals surface area contributed by atoms with Gasteiger partial charge in [-0.1, -0.05) is 0 Å². The Hall–Kier alpha value is -1.42. The van der Waals surface area contributed by atoms with Crippen molar-refractivity contribution in [3.05, 3.63) is 24.2 Å². The number of nitrogens with zero attached hydrogens (tertiary/aromatic N) is 3. The molecule has 2 aromatic heterocycles. The lowest BCUT2D eigenvalue weighted by Crippen LogP contribution is -2.01. The van der Waals surface area contributed by atoms with Gasteiger partial charge >= 0.3 is 0 Å². The Morgan fingerprint density at radius 3 is 3.08 bits per heavy atom. The second kappa shape index (κ2) is 3.14. The summed E-state index contributed by atoms with van der Waals surface area (Å²) in [5.41, 5.74) is 1.68. The maximum atomic E-state index is 9.04. The smallest absolute Gasteiger partial charge is 0.160 e. The van der Waals surface area contributed by atoms with Crippen LogP contribution in [0.4, 0.5) is 0 Å². The molecule has 0 unspecified atom stereocenters. The van der Waals surface area contributed by atoms with Crippen molar-refractivity contribution in [1.29, 1.82) is 0 Å². The summed E-state index contributed by atoms with van der Waals surface area (Å²) in [5, 5.41) is 9.04. The Balaban J connectivity index is 2.73. The van der Waals surface area contributed by atoms with Crippen molar-refractivity contribution in [2.45, 2.75) is 20.1 Å². The van der Waals surface area contributed by atoms with E-state index in [1.807, 2.05) is 23.6 Å². The molecule has 0 saturated heterocycles. The fraction of sp³-hybridized carbons (Fsp3) is 0.333. The number of hydrogen-bond donors (Lipinski definition) is 1. The van der Waals surface area contributed by atoms with Crippen molar-refractivity contribution in [3.63, 3.8) is 0 Å². The summed E-state index contributed by atoms with van der Waals surface area (Å²) in [6.07, 6.45) is 1.73. The normalized spacial score (nSPS) is 10.9. The Bertz CT molecular complexity index is 422. The third-order valence-corrected chi connectivity index (χ3v) is 2.04. The van der Waals surface area contributed by atoms with Crippen molar-refractivity contribution in [2.75, 3.05) is 0 Å². The first-order chi connectivity index (χ1) is 6.36. The van der Waals surface area contributed by atoms with E-state index in [0.29, 0.717) is 5.82 Å². The molecular formula is C9H11N3O. The van der Waals surface area contributed by atoms with Crippen LogP contribution in [0.1, 0.15) is 12.7 Å². The molecule has 0 radical (unpaired) electrons. The van der Waals surface area contributed by atoms with Crippen LogP contribution in [0.2, 0.25) is 0 Å². The van der Waals surface area contributed by atoms with Gasteiger partial charge in [-0.2, -0.15) is 0 Å². The molecule has 0 atom stereocenters. The molecule has 2 aromatic rings. The summed E-state index contributed by atoms with van der Waals surface area (Å²) < 4.78 is 1.91. The fourth-order valence-electron chi connectivity index (χ4n) is 1.46. The highest BCUT2D eigenvalue weighted by Crippen LogP contribution is 2.12. The summed E-state index contributed by atoms with van der Waals surface area (Å²) in [7, 11) is 0. The number of aryl methyl sites for hydroxylation is 1. The Morgan fingerprint density at radius 1 is 1.54 bits per heavy atom. The predicted molar refractivity (Wildman–Crippen MR) is 49.1 cm³/mol. The van der Waals surface area contributed by atoms with Gasteiger partial charge in [-0.25, -0.2) is 9.97 Å². The van der Waals surface area contributed by atoms with Crippen LogP contribution in [0.25, 0.3) is 11.2 Å². The molecule has 4 heteroatoms. The summed E-state index contributed by atoms with van der Waals surface area (Å²) in [6.45, 7) is 2.75. The molecule has 13 heavy (non-hydrogen) atoms. The van der Waals surface area contributed by atoms with Gasteiger partial charge in [-0.05, 0) is 19.1 Å². The van der Waals surface area contributed by atoms with Gasteiger partial charge in [0.25, 0.3) is 0 Å². The Kier molecular flexibility index (Phi) is 1.98. The standard InChI is InChI=1S/C9H11N3O/c1-2-12-8(6-13)11-7-4-3-5-10-9(7)12/h3-5,13H,2,6H2,1H3. The van der Waals surface area contributed by atoms with Gasteiger partial charge in [0.1, 0.15) is 17.9 Å². The van der Waals surface area contributed by atoms with Crippen LogP contribution < -0.4 is 0 Å². The monoisotopic (exact) mass is 177 g/mol. The summed E-state index contributed by atoms with van der Waals surface area (Å²) >= 11 is 0. The molecule has 0 aromatic carbocycles. The van der Waals surface area contributed by atoms with Crippen molar-refractivity contribution < 1.29 is 5.11 Å². The number of aliphatic hydroxyl groups is 1. The lowest BCUT2D eigenvalue weighted by atomic mass is 10.4. The van der Waals surface area contributed by atoms with E-state index in [9.17, 15) is 0 Å². The second-order valence-corrected chi connectivity index (χ2v) is 2.78. The van der Waals surface area contributed by atoms with E-state index in [0.717, 1.165) is 17.7 Å². The van der Waals surface area contributed by atoms with Crippen molar-refractivity contribution in [2.24, 2.45) is 0 Å². The largest absolute Gasteiger partial charge is 0.388 e. The average Bonchev–Trinajstić information content (AvgIpc) is 2.55. The van der Waals surface area contributed by atoms with Crippen LogP contribution in [-0.4, -0.2) is 19.6 Å². The summed E-state index contributed by atoms with van der Waals surface area (Å²) in [5.74, 6) is 0.677. The number of aromatic nitrogens is 3. The minimum atomic E-state index is -0.0375. The number of pyridine rings is 1. The van der Waals surface area contributed by atoms with E-state index in [4.69, 9.17) is 5.11 Å². The van der Waals surface area contributed by atoms with Crippen LogP contribution in [-0.2, 0) is 13.2 Å². The first kappa shape index (κ1) is 8.19. The number of rotatable bonds is 2. The molecule has 0 aliphatic heterocycles. The number of fused-ring (bicyclic) bond motifs is 1. The molecule has 0 saturated carbocycles. The number of hydrogen-bond acceptors (Lipinski definition) is 3. The molecule has 4 nitrogen and oxygen atoms in total. The highest BCUT2D eigenvalue weighted by atomic mass is 16.3. The zero-order valence-corrected chi connectivity index (χ0v) is 7.44. The van der Waals surface area contributed by atoms with Crippen LogP contribution in [0, 0.1) is 0 Å². The Morgan fingerprint density at radius 2 is 2.38 bits per heavy atom. The van der Waals surface area contributed by atoms with E-state index < -0.39 is 0 Å². The lowest BCUT2D eigenvalue weighted by Gasteiger charge is -2.00. The summed E-state index contributed by atoms with van der Waals surface area (Å²) in [4.78, 5) is 8.46. The second-order valence-electron chi connectivity index (χ2n) is 2.78. The molecule has 2 rings (SSSR count). The average molecular weight is 177 g/mol. The molecular weight excluding hydrogens is 166 g/mol. The third-order valence-electron chi connectivity index (χ3n) is 2.04. The van der Waals surface area contributed by atoms with Crippen LogP contribution in [0.15, 0.2) is 18.3 Å². The number of imidazole rings is 1. The first-order valence-electron chi connectivity index (χ1n) is 4.27. The van der Waals surface area contributed by atoms with E-state index in [-0.39, 0.29) is 6.61 Å². The highest BCUT2D eigenvalue weighted by molar-refractivity contribution is 5.71. The third kappa shape index (κ3) is 1.19. The van der Waals surface area contributed by atoms with Crippen molar-refractivity contribution in [1.82, 2.24) is 14.5 Å². The van der Waals surface area contributed by atoms with E-state index in [1.165, 1.54) is 0 Å². The van der Waals surface area contributed by atoms with Crippen molar-refractivity contribution in [3.8, 4) is 0 Å². The van der Waals surface area contributed by atoms with Gasteiger partial charge in [-0.3, -0.25) is 0 Å². The van der Waals surface area contributed by atoms with Gasteiger partial charge in [0, 0.05) is 12.7 Å². The van der Waals surface area contributed by atoms with Gasteiger partial charge in [0.05, 0.1) is 0 Å². The van der Waals surface area contributed by atoms with E-state index in [1.54, 1.807) is 6.20 Å². The zero-order valence-electron chi connectivity index (χ0n) is 7.44. The minimum absolute atomic E-state index is 0.0375. The molecule has 1 N–H and O–H groups in total. The molecule has 0 amide bonds. The van der Waals surface area contributed by atoms with E-state index in [2.05, 4.69) is 9.97 Å². The van der Waals surface area contributed by atoms with Crippen molar-refractivity contribution >= 4 is 11.2 Å². The van der Waals surface area contributed by atoms with Gasteiger partial charge in [-0.15, -0.1) is 0 Å². The minimum Gasteiger partial charge on any atom is -0.388 e. The van der Waals surface area contributed by atoms with Gasteiger partial charge in [0.15, 0.2) is 5.65 Å². The molecule has 0 spiro atoms. The molecule has 0 fully saturated rings. The zero-order chi connectivity index (χ0) is 9.26. The first-order valence-corrected chi connectivity index (χ1v) is 4.27. The highest BCUT2D eigenvalue weighted by Gasteiger charge is 2.07. The predicted octanol–water partition coefficient (Wildman–Crippen LogP) is 0.944. The molecule has 0 aliphatic carbocycles. The Labute approximate surface area is 75.9 Å².